The van der Waals surface area contributed by atoms with Gasteiger partial charge in [-0.2, -0.15) is 0 Å². The van der Waals surface area contributed by atoms with E-state index in [0.29, 0.717) is 11.1 Å². The van der Waals surface area contributed by atoms with Crippen LogP contribution in [0.3, 0.4) is 0 Å². The van der Waals surface area contributed by atoms with Gasteiger partial charge in [0, 0.05) is 24.2 Å². The van der Waals surface area contributed by atoms with Gasteiger partial charge in [0.25, 0.3) is 5.91 Å². The lowest BCUT2D eigenvalue weighted by Crippen LogP contribution is -2.32. The van der Waals surface area contributed by atoms with Gasteiger partial charge in [-0.25, -0.2) is 0 Å². The second-order valence-electron chi connectivity index (χ2n) is 4.65. The number of nitrogens with two attached hydrogens (primary N) is 1. The summed E-state index contributed by atoms with van der Waals surface area (Å²) in [5.41, 5.74) is 6.16. The first-order chi connectivity index (χ1) is 8.68. The summed E-state index contributed by atoms with van der Waals surface area (Å²) in [6.45, 7) is 1.61. The van der Waals surface area contributed by atoms with Crippen molar-refractivity contribution in [2.24, 2.45) is 5.73 Å². The van der Waals surface area contributed by atoms with E-state index in [2.05, 4.69) is 0 Å². The van der Waals surface area contributed by atoms with E-state index in [0.717, 1.165) is 25.9 Å². The molecule has 18 heavy (non-hydrogen) atoms. The van der Waals surface area contributed by atoms with Gasteiger partial charge in [0.1, 0.15) is 0 Å². The molecule has 0 spiro atoms. The van der Waals surface area contributed by atoms with Gasteiger partial charge in [0.2, 0.25) is 5.91 Å². The summed E-state index contributed by atoms with van der Waals surface area (Å²) in [6.07, 6.45) is 4.48. The zero-order chi connectivity index (χ0) is 13.0. The molecule has 4 heteroatoms. The van der Waals surface area contributed by atoms with Gasteiger partial charge in [-0.1, -0.05) is 18.9 Å². The molecule has 96 valence electrons. The number of carbonyl (C=O) groups excluding carboxylic acids is 2. The second kappa shape index (κ2) is 5.67. The van der Waals surface area contributed by atoms with Crippen molar-refractivity contribution in [1.82, 2.24) is 4.90 Å². The molecule has 1 aliphatic heterocycles. The van der Waals surface area contributed by atoms with Gasteiger partial charge >= 0.3 is 0 Å². The van der Waals surface area contributed by atoms with Crippen LogP contribution in [0.5, 0.6) is 0 Å². The Bertz CT molecular complexity index is 449. The highest BCUT2D eigenvalue weighted by Crippen LogP contribution is 2.14. The molecule has 0 saturated carbocycles. The molecule has 0 aromatic heterocycles. The Kier molecular flexibility index (Phi) is 3.97. The van der Waals surface area contributed by atoms with Gasteiger partial charge in [-0.3, -0.25) is 9.59 Å². The molecule has 1 aromatic carbocycles. The van der Waals surface area contributed by atoms with Crippen LogP contribution in [0.2, 0.25) is 0 Å². The molecule has 2 amide bonds. The highest BCUT2D eigenvalue weighted by molar-refractivity contribution is 5.99. The zero-order valence-electron chi connectivity index (χ0n) is 10.4. The third kappa shape index (κ3) is 2.88. The van der Waals surface area contributed by atoms with E-state index in [4.69, 9.17) is 5.73 Å². The van der Waals surface area contributed by atoms with E-state index in [1.807, 2.05) is 4.90 Å². The average molecular weight is 246 g/mol. The fraction of sp³-hybridized carbons (Fsp3) is 0.429. The summed E-state index contributed by atoms with van der Waals surface area (Å²) in [5, 5.41) is 0. The van der Waals surface area contributed by atoms with Gasteiger partial charge in [-0.05, 0) is 31.0 Å². The summed E-state index contributed by atoms with van der Waals surface area (Å²) in [5.74, 6) is -0.500. The minimum Gasteiger partial charge on any atom is -0.366 e. The number of hydrogen-bond donors (Lipinski definition) is 1. The maximum absolute atomic E-state index is 12.3. The molecule has 1 aliphatic rings. The van der Waals surface area contributed by atoms with E-state index in [1.165, 1.54) is 12.8 Å². The number of rotatable bonds is 2. The quantitative estimate of drug-likeness (QED) is 0.864. The summed E-state index contributed by atoms with van der Waals surface area (Å²) in [6, 6.07) is 6.64. The van der Waals surface area contributed by atoms with Crippen LogP contribution in [0.15, 0.2) is 24.3 Å². The number of nitrogens with zero attached hydrogens (tertiary/aromatic N) is 1. The van der Waals surface area contributed by atoms with Crippen molar-refractivity contribution in [3.05, 3.63) is 35.4 Å². The molecular formula is C14H18N2O2. The normalized spacial score (nSPS) is 16.1. The maximum atomic E-state index is 12.3. The highest BCUT2D eigenvalue weighted by atomic mass is 16.2. The van der Waals surface area contributed by atoms with Crippen molar-refractivity contribution >= 4 is 11.8 Å². The lowest BCUT2D eigenvalue weighted by Gasteiger charge is -2.20. The minimum absolute atomic E-state index is 0.000000000000000444. The molecule has 0 atom stereocenters. The highest BCUT2D eigenvalue weighted by Gasteiger charge is 2.17. The fourth-order valence-electron chi connectivity index (χ4n) is 2.26. The maximum Gasteiger partial charge on any atom is 0.253 e. The number of primary amides is 1. The zero-order valence-corrected chi connectivity index (χ0v) is 10.4. The molecule has 0 unspecified atom stereocenters. The summed E-state index contributed by atoms with van der Waals surface area (Å²) < 4.78 is 0. The van der Waals surface area contributed by atoms with E-state index in [9.17, 15) is 9.59 Å². The largest absolute Gasteiger partial charge is 0.366 e. The van der Waals surface area contributed by atoms with Crippen LogP contribution < -0.4 is 5.73 Å². The van der Waals surface area contributed by atoms with Crippen LogP contribution in [0, 0.1) is 0 Å². The molecule has 4 nitrogen and oxygen atoms in total. The second-order valence-corrected chi connectivity index (χ2v) is 4.65. The van der Waals surface area contributed by atoms with E-state index >= 15 is 0 Å². The van der Waals surface area contributed by atoms with Gasteiger partial charge in [-0.15, -0.1) is 0 Å². The Morgan fingerprint density at radius 1 is 1.00 bits per heavy atom. The summed E-state index contributed by atoms with van der Waals surface area (Å²) in [7, 11) is 0. The molecule has 2 N–H and O–H groups in total. The Labute approximate surface area is 107 Å². The number of amides is 2. The van der Waals surface area contributed by atoms with E-state index in [1.54, 1.807) is 24.3 Å². The molecule has 0 aliphatic carbocycles. The molecule has 0 bridgehead atoms. The lowest BCUT2D eigenvalue weighted by molar-refractivity contribution is 0.0761. The van der Waals surface area contributed by atoms with Crippen molar-refractivity contribution in [2.45, 2.75) is 25.7 Å². The Morgan fingerprint density at radius 2 is 1.61 bits per heavy atom. The van der Waals surface area contributed by atoms with E-state index in [-0.39, 0.29) is 5.91 Å². The standard InChI is InChI=1S/C14H18N2O2/c15-13(17)11-6-5-7-12(10-11)14(18)16-8-3-1-2-4-9-16/h5-7,10H,1-4,8-9H2,(H2,15,17). The van der Waals surface area contributed by atoms with Crippen molar-refractivity contribution < 1.29 is 9.59 Å². The van der Waals surface area contributed by atoms with Crippen molar-refractivity contribution in [3.8, 4) is 0 Å². The fourth-order valence-corrected chi connectivity index (χ4v) is 2.26. The number of benzene rings is 1. The van der Waals surface area contributed by atoms with Gasteiger partial charge in [0.15, 0.2) is 0 Å². The Hall–Kier alpha value is -1.84. The van der Waals surface area contributed by atoms with Crippen LogP contribution in [-0.4, -0.2) is 29.8 Å². The van der Waals surface area contributed by atoms with Gasteiger partial charge < -0.3 is 10.6 Å². The SMILES string of the molecule is NC(=O)c1cccc(C(=O)N2CCCCCC2)c1. The van der Waals surface area contributed by atoms with Crippen LogP contribution in [0.25, 0.3) is 0 Å². The predicted octanol–water partition coefficient (Wildman–Crippen LogP) is 1.80. The first-order valence-electron chi connectivity index (χ1n) is 6.37. The van der Waals surface area contributed by atoms with Crippen LogP contribution in [-0.2, 0) is 0 Å². The van der Waals surface area contributed by atoms with Gasteiger partial charge in [0.05, 0.1) is 0 Å². The third-order valence-electron chi connectivity index (χ3n) is 3.29. The molecule has 1 saturated heterocycles. The minimum atomic E-state index is -0.500. The first-order valence-corrected chi connectivity index (χ1v) is 6.37. The smallest absolute Gasteiger partial charge is 0.253 e. The molecule has 1 aromatic rings. The summed E-state index contributed by atoms with van der Waals surface area (Å²) >= 11 is 0. The molecule has 0 radical (unpaired) electrons. The number of hydrogen-bond acceptors (Lipinski definition) is 2. The molecule has 1 heterocycles. The lowest BCUT2D eigenvalue weighted by atomic mass is 10.1. The van der Waals surface area contributed by atoms with Crippen LogP contribution in [0.4, 0.5) is 0 Å². The number of likely N-dealkylation sites (tertiary alicyclic amines) is 1. The monoisotopic (exact) mass is 246 g/mol. The van der Waals surface area contributed by atoms with E-state index < -0.39 is 5.91 Å². The van der Waals surface area contributed by atoms with Crippen LogP contribution in [0.1, 0.15) is 46.4 Å². The average Bonchev–Trinajstić information content (AvgIpc) is 2.67. The van der Waals surface area contributed by atoms with Crippen LogP contribution >= 0.6 is 0 Å². The molecule has 1 fully saturated rings. The van der Waals surface area contributed by atoms with Crippen molar-refractivity contribution in [2.75, 3.05) is 13.1 Å². The molecular weight excluding hydrogens is 228 g/mol. The molecule has 2 rings (SSSR count). The topological polar surface area (TPSA) is 63.4 Å². The predicted molar refractivity (Wildman–Crippen MR) is 69.3 cm³/mol. The van der Waals surface area contributed by atoms with Crippen molar-refractivity contribution in [1.29, 1.82) is 0 Å². The first kappa shape index (κ1) is 12.6. The Morgan fingerprint density at radius 3 is 2.22 bits per heavy atom. The third-order valence-corrected chi connectivity index (χ3v) is 3.29. The number of carbonyl (C=O) groups is 2. The van der Waals surface area contributed by atoms with Crippen molar-refractivity contribution in [3.63, 3.8) is 0 Å². The summed E-state index contributed by atoms with van der Waals surface area (Å²) in [4.78, 5) is 25.3. The Balaban J connectivity index is 2.16.